The van der Waals surface area contributed by atoms with E-state index in [2.05, 4.69) is 38.7 Å². The first-order chi connectivity index (χ1) is 4.46. The first-order valence-corrected chi connectivity index (χ1v) is 8.29. The Bertz CT molecular complexity index is 113. The van der Waals surface area contributed by atoms with Crippen molar-refractivity contribution in [3.05, 3.63) is 0 Å². The molecule has 0 spiro atoms. The first kappa shape index (κ1) is 8.66. The third-order valence-electron chi connectivity index (χ3n) is 3.04. The van der Waals surface area contributed by atoms with Gasteiger partial charge in [0.05, 0.1) is 8.07 Å². The summed E-state index contributed by atoms with van der Waals surface area (Å²) in [5.74, 6) is 1.39. The standard InChI is InChI=1S/C8H18SSi/c1-8(2)9-6-5-7-10(8,3)4/h5-7H2,1-4H3. The molecule has 1 fully saturated rings. The summed E-state index contributed by atoms with van der Waals surface area (Å²) < 4.78 is 0.630. The van der Waals surface area contributed by atoms with E-state index in [0.29, 0.717) is 4.37 Å². The van der Waals surface area contributed by atoms with Crippen LogP contribution in [-0.2, 0) is 0 Å². The molecule has 1 aliphatic rings. The van der Waals surface area contributed by atoms with Crippen molar-refractivity contribution in [1.82, 2.24) is 0 Å². The maximum atomic E-state index is 2.53. The van der Waals surface area contributed by atoms with Crippen molar-refractivity contribution in [3.63, 3.8) is 0 Å². The van der Waals surface area contributed by atoms with E-state index in [4.69, 9.17) is 0 Å². The van der Waals surface area contributed by atoms with Crippen LogP contribution in [0, 0.1) is 0 Å². The quantitative estimate of drug-likeness (QED) is 0.508. The molecule has 1 heterocycles. The summed E-state index contributed by atoms with van der Waals surface area (Å²) in [6.07, 6.45) is 1.47. The summed E-state index contributed by atoms with van der Waals surface area (Å²) in [6.45, 7) is 9.92. The number of hydrogen-bond donors (Lipinski definition) is 0. The van der Waals surface area contributed by atoms with Crippen LogP contribution in [0.1, 0.15) is 20.3 Å². The van der Waals surface area contributed by atoms with Crippen molar-refractivity contribution >= 4 is 19.8 Å². The minimum Gasteiger partial charge on any atom is -0.159 e. The van der Waals surface area contributed by atoms with Crippen LogP contribution in [-0.4, -0.2) is 18.2 Å². The van der Waals surface area contributed by atoms with E-state index in [1.165, 1.54) is 18.2 Å². The van der Waals surface area contributed by atoms with Crippen LogP contribution in [0.3, 0.4) is 0 Å². The Hall–Kier alpha value is 0.567. The molecule has 10 heavy (non-hydrogen) atoms. The van der Waals surface area contributed by atoms with Gasteiger partial charge in [-0.3, -0.25) is 0 Å². The molecule has 1 saturated heterocycles. The lowest BCUT2D eigenvalue weighted by molar-refractivity contribution is 0.874. The average molecular weight is 174 g/mol. The van der Waals surface area contributed by atoms with E-state index in [1.54, 1.807) is 0 Å². The van der Waals surface area contributed by atoms with Crippen LogP contribution in [0.2, 0.25) is 19.1 Å². The van der Waals surface area contributed by atoms with Crippen LogP contribution in [0.25, 0.3) is 0 Å². The SMILES string of the molecule is CC1(C)SCCC[Si]1(C)C. The maximum Gasteiger partial charge on any atom is 0.0649 e. The summed E-state index contributed by atoms with van der Waals surface area (Å²) in [7, 11) is -0.855. The zero-order valence-electron chi connectivity index (χ0n) is 7.53. The van der Waals surface area contributed by atoms with Crippen molar-refractivity contribution in [3.8, 4) is 0 Å². The molecule has 60 valence electrons. The van der Waals surface area contributed by atoms with E-state index < -0.39 is 8.07 Å². The van der Waals surface area contributed by atoms with Crippen LogP contribution < -0.4 is 0 Å². The number of rotatable bonds is 0. The molecule has 0 atom stereocenters. The molecule has 2 heteroatoms. The van der Waals surface area contributed by atoms with Gasteiger partial charge in [0.15, 0.2) is 0 Å². The molecule has 1 aliphatic heterocycles. The molecule has 0 nitrogen and oxygen atoms in total. The van der Waals surface area contributed by atoms with Gasteiger partial charge < -0.3 is 0 Å². The summed E-state index contributed by atoms with van der Waals surface area (Å²) in [4.78, 5) is 0. The van der Waals surface area contributed by atoms with Crippen LogP contribution in [0.4, 0.5) is 0 Å². The largest absolute Gasteiger partial charge is 0.159 e. The fraction of sp³-hybridized carbons (Fsp3) is 1.00. The summed E-state index contributed by atoms with van der Waals surface area (Å²) in [5, 5.41) is 0. The molecule has 0 aliphatic carbocycles. The minimum absolute atomic E-state index is 0.630. The monoisotopic (exact) mass is 174 g/mol. The first-order valence-electron chi connectivity index (χ1n) is 4.10. The van der Waals surface area contributed by atoms with Crippen molar-refractivity contribution < 1.29 is 0 Å². The Morgan fingerprint density at radius 3 is 2.20 bits per heavy atom. The second-order valence-corrected chi connectivity index (χ2v) is 11.9. The van der Waals surface area contributed by atoms with E-state index in [9.17, 15) is 0 Å². The fourth-order valence-corrected chi connectivity index (χ4v) is 6.23. The Kier molecular flexibility index (Phi) is 2.22. The molecule has 0 saturated carbocycles. The maximum absolute atomic E-state index is 2.53. The predicted molar refractivity (Wildman–Crippen MR) is 53.4 cm³/mol. The summed E-state index contributed by atoms with van der Waals surface area (Å²) in [5.41, 5.74) is 0. The lowest BCUT2D eigenvalue weighted by Crippen LogP contribution is -2.49. The molecule has 0 bridgehead atoms. The van der Waals surface area contributed by atoms with Gasteiger partial charge in [0.1, 0.15) is 0 Å². The zero-order valence-corrected chi connectivity index (χ0v) is 9.35. The Balaban J connectivity index is 2.70. The second kappa shape index (κ2) is 2.56. The molecular weight excluding hydrogens is 156 g/mol. The highest BCUT2D eigenvalue weighted by atomic mass is 32.2. The average Bonchev–Trinajstić information content (AvgIpc) is 1.77. The molecule has 0 aromatic heterocycles. The van der Waals surface area contributed by atoms with Gasteiger partial charge in [0.2, 0.25) is 0 Å². The molecule has 0 unspecified atom stereocenters. The molecule has 0 amide bonds. The van der Waals surface area contributed by atoms with Crippen LogP contribution in [0.15, 0.2) is 0 Å². The third kappa shape index (κ3) is 1.42. The van der Waals surface area contributed by atoms with Gasteiger partial charge >= 0.3 is 0 Å². The Morgan fingerprint density at radius 1 is 1.30 bits per heavy atom. The van der Waals surface area contributed by atoms with E-state index in [1.807, 2.05) is 0 Å². The molecular formula is C8H18SSi. The van der Waals surface area contributed by atoms with Gasteiger partial charge in [-0.25, -0.2) is 0 Å². The fourth-order valence-electron chi connectivity index (χ4n) is 1.34. The van der Waals surface area contributed by atoms with E-state index in [0.717, 1.165) is 0 Å². The van der Waals surface area contributed by atoms with E-state index >= 15 is 0 Å². The zero-order chi connectivity index (χ0) is 7.83. The van der Waals surface area contributed by atoms with Crippen molar-refractivity contribution in [1.29, 1.82) is 0 Å². The molecule has 0 N–H and O–H groups in total. The highest BCUT2D eigenvalue weighted by molar-refractivity contribution is 8.02. The lowest BCUT2D eigenvalue weighted by atomic mass is 10.5. The Labute approximate surface area is 69.8 Å². The third-order valence-corrected chi connectivity index (χ3v) is 11.2. The van der Waals surface area contributed by atoms with Crippen molar-refractivity contribution in [2.45, 2.75) is 43.8 Å². The number of hydrogen-bond acceptors (Lipinski definition) is 1. The highest BCUT2D eigenvalue weighted by Gasteiger charge is 2.41. The van der Waals surface area contributed by atoms with Gasteiger partial charge in [-0.05, 0) is 12.2 Å². The minimum atomic E-state index is -0.855. The van der Waals surface area contributed by atoms with Crippen molar-refractivity contribution in [2.75, 3.05) is 5.75 Å². The molecule has 0 aromatic carbocycles. The van der Waals surface area contributed by atoms with Crippen LogP contribution >= 0.6 is 11.8 Å². The molecule has 0 radical (unpaired) electrons. The van der Waals surface area contributed by atoms with Gasteiger partial charge in [-0.1, -0.05) is 33.0 Å². The normalized spacial score (nSPS) is 30.0. The predicted octanol–water partition coefficient (Wildman–Crippen LogP) is 3.15. The summed E-state index contributed by atoms with van der Waals surface area (Å²) >= 11 is 2.19. The lowest BCUT2D eigenvalue weighted by Gasteiger charge is -2.43. The van der Waals surface area contributed by atoms with Crippen LogP contribution in [0.5, 0.6) is 0 Å². The van der Waals surface area contributed by atoms with Crippen molar-refractivity contribution in [2.24, 2.45) is 0 Å². The molecule has 0 aromatic rings. The number of thioether (sulfide) groups is 1. The molecule has 1 rings (SSSR count). The Morgan fingerprint density at radius 2 is 1.90 bits per heavy atom. The van der Waals surface area contributed by atoms with Gasteiger partial charge in [0.25, 0.3) is 0 Å². The van der Waals surface area contributed by atoms with Gasteiger partial charge in [-0.15, -0.1) is 0 Å². The highest BCUT2D eigenvalue weighted by Crippen LogP contribution is 2.42. The van der Waals surface area contributed by atoms with Gasteiger partial charge in [0, 0.05) is 4.37 Å². The topological polar surface area (TPSA) is 0 Å². The smallest absolute Gasteiger partial charge is 0.0649 e. The van der Waals surface area contributed by atoms with Gasteiger partial charge in [-0.2, -0.15) is 11.8 Å². The second-order valence-electron chi connectivity index (χ2n) is 4.35. The van der Waals surface area contributed by atoms with E-state index in [-0.39, 0.29) is 0 Å². The summed E-state index contributed by atoms with van der Waals surface area (Å²) in [6, 6.07) is 1.53.